The number of hydrogen-bond acceptors (Lipinski definition) is 3. The Bertz CT molecular complexity index is 439. The molecule has 2 unspecified atom stereocenters. The van der Waals surface area contributed by atoms with E-state index >= 15 is 0 Å². The van der Waals surface area contributed by atoms with Crippen LogP contribution in [0.3, 0.4) is 0 Å². The van der Waals surface area contributed by atoms with Crippen LogP contribution in [0.5, 0.6) is 0 Å². The number of aromatic nitrogens is 3. The fourth-order valence-electron chi connectivity index (χ4n) is 2.89. The van der Waals surface area contributed by atoms with Gasteiger partial charge in [0.1, 0.15) is 5.82 Å². The van der Waals surface area contributed by atoms with Crippen molar-refractivity contribution in [1.29, 1.82) is 0 Å². The quantitative estimate of drug-likeness (QED) is 0.834. The summed E-state index contributed by atoms with van der Waals surface area (Å²) in [4.78, 5) is 0. The molecule has 3 rings (SSSR count). The Labute approximate surface area is 106 Å². The predicted octanol–water partition coefficient (Wildman–Crippen LogP) is 2.79. The standard InChI is InChI=1S/C12H18ClN3O/c1-12(2)8(6-9(12)17-3)16-10(7-4-5-7)14-15-11(16)13/h7-9H,4-6H2,1-3H3. The summed E-state index contributed by atoms with van der Waals surface area (Å²) in [6.07, 6.45) is 3.74. The fourth-order valence-corrected chi connectivity index (χ4v) is 3.14. The van der Waals surface area contributed by atoms with Crippen molar-refractivity contribution in [3.8, 4) is 0 Å². The molecule has 4 nitrogen and oxygen atoms in total. The van der Waals surface area contributed by atoms with E-state index in [0.29, 0.717) is 23.3 Å². The van der Waals surface area contributed by atoms with Crippen molar-refractivity contribution in [2.75, 3.05) is 7.11 Å². The number of nitrogens with zero attached hydrogens (tertiary/aromatic N) is 3. The van der Waals surface area contributed by atoms with E-state index in [1.807, 2.05) is 0 Å². The lowest BCUT2D eigenvalue weighted by atomic mass is 9.64. The van der Waals surface area contributed by atoms with E-state index < -0.39 is 0 Å². The van der Waals surface area contributed by atoms with Crippen molar-refractivity contribution in [1.82, 2.24) is 14.8 Å². The van der Waals surface area contributed by atoms with Crippen LogP contribution in [0.2, 0.25) is 5.28 Å². The van der Waals surface area contributed by atoms with Crippen molar-refractivity contribution < 1.29 is 4.74 Å². The molecule has 0 spiro atoms. The summed E-state index contributed by atoms with van der Waals surface area (Å²) in [7, 11) is 1.78. The molecule has 17 heavy (non-hydrogen) atoms. The third-order valence-corrected chi connectivity index (χ3v) is 4.60. The first-order chi connectivity index (χ1) is 8.05. The van der Waals surface area contributed by atoms with Gasteiger partial charge >= 0.3 is 0 Å². The maximum Gasteiger partial charge on any atom is 0.225 e. The Morgan fingerprint density at radius 1 is 1.35 bits per heavy atom. The normalized spacial score (nSPS) is 31.3. The molecule has 2 fully saturated rings. The molecule has 2 atom stereocenters. The smallest absolute Gasteiger partial charge is 0.225 e. The summed E-state index contributed by atoms with van der Waals surface area (Å²) in [6, 6.07) is 0.366. The molecule has 0 aliphatic heterocycles. The highest BCUT2D eigenvalue weighted by Crippen LogP contribution is 2.53. The summed E-state index contributed by atoms with van der Waals surface area (Å²) in [6.45, 7) is 4.45. The minimum Gasteiger partial charge on any atom is -0.381 e. The minimum absolute atomic E-state index is 0.102. The van der Waals surface area contributed by atoms with Gasteiger partial charge in [-0.2, -0.15) is 0 Å². The van der Waals surface area contributed by atoms with Crippen LogP contribution in [-0.2, 0) is 4.74 Å². The molecule has 0 N–H and O–H groups in total. The Hall–Kier alpha value is -0.610. The summed E-state index contributed by atoms with van der Waals surface area (Å²) < 4.78 is 7.62. The molecule has 2 saturated carbocycles. The first-order valence-electron chi connectivity index (χ1n) is 6.18. The van der Waals surface area contributed by atoms with Gasteiger partial charge in [-0.05, 0) is 30.9 Å². The molecule has 0 bridgehead atoms. The lowest BCUT2D eigenvalue weighted by Crippen LogP contribution is -2.51. The SMILES string of the molecule is COC1CC(n2c(Cl)nnc2C2CC2)C1(C)C. The second-order valence-corrected chi connectivity index (χ2v) is 6.11. The molecule has 94 valence electrons. The zero-order chi connectivity index (χ0) is 12.2. The molecule has 0 amide bonds. The highest BCUT2D eigenvalue weighted by atomic mass is 35.5. The molecule has 5 heteroatoms. The molecule has 2 aliphatic carbocycles. The molecule has 1 aromatic rings. The number of hydrogen-bond donors (Lipinski definition) is 0. The highest BCUT2D eigenvalue weighted by molar-refractivity contribution is 6.28. The lowest BCUT2D eigenvalue weighted by Gasteiger charge is -2.51. The second-order valence-electron chi connectivity index (χ2n) is 5.77. The third-order valence-electron chi connectivity index (χ3n) is 4.35. The Morgan fingerprint density at radius 2 is 2.06 bits per heavy atom. The molecule has 0 radical (unpaired) electrons. The molecular formula is C12H18ClN3O. The largest absolute Gasteiger partial charge is 0.381 e. The number of rotatable bonds is 3. The van der Waals surface area contributed by atoms with Gasteiger partial charge in [-0.3, -0.25) is 4.57 Å². The van der Waals surface area contributed by atoms with E-state index in [2.05, 4.69) is 28.6 Å². The van der Waals surface area contributed by atoms with E-state index in [0.717, 1.165) is 12.2 Å². The second kappa shape index (κ2) is 3.69. The molecule has 1 aromatic heterocycles. The first kappa shape index (κ1) is 11.5. The van der Waals surface area contributed by atoms with Crippen LogP contribution in [0.1, 0.15) is 50.9 Å². The van der Waals surface area contributed by atoms with Gasteiger partial charge < -0.3 is 4.74 Å². The van der Waals surface area contributed by atoms with E-state index in [-0.39, 0.29) is 5.41 Å². The average Bonchev–Trinajstić information content (AvgIpc) is 3.05. The average molecular weight is 256 g/mol. The lowest BCUT2D eigenvalue weighted by molar-refractivity contribution is -0.113. The maximum absolute atomic E-state index is 6.19. The van der Waals surface area contributed by atoms with Gasteiger partial charge in [-0.15, -0.1) is 10.2 Å². The number of ether oxygens (including phenoxy) is 1. The van der Waals surface area contributed by atoms with E-state index in [4.69, 9.17) is 16.3 Å². The maximum atomic E-state index is 6.19. The molecule has 0 aromatic carbocycles. The zero-order valence-corrected chi connectivity index (χ0v) is 11.2. The van der Waals surface area contributed by atoms with Crippen molar-refractivity contribution in [3.05, 3.63) is 11.1 Å². The van der Waals surface area contributed by atoms with E-state index in [1.54, 1.807) is 7.11 Å². The minimum atomic E-state index is 0.102. The van der Waals surface area contributed by atoms with Crippen LogP contribution in [0.15, 0.2) is 0 Å². The van der Waals surface area contributed by atoms with Crippen molar-refractivity contribution in [2.24, 2.45) is 5.41 Å². The van der Waals surface area contributed by atoms with E-state index in [1.165, 1.54) is 12.8 Å². The Morgan fingerprint density at radius 3 is 2.59 bits per heavy atom. The topological polar surface area (TPSA) is 39.9 Å². The van der Waals surface area contributed by atoms with Crippen LogP contribution in [0.4, 0.5) is 0 Å². The highest BCUT2D eigenvalue weighted by Gasteiger charge is 2.51. The predicted molar refractivity (Wildman–Crippen MR) is 65.2 cm³/mol. The Kier molecular flexibility index (Phi) is 2.49. The monoisotopic (exact) mass is 255 g/mol. The van der Waals surface area contributed by atoms with Gasteiger partial charge in [0.25, 0.3) is 0 Å². The van der Waals surface area contributed by atoms with Gasteiger partial charge in [-0.1, -0.05) is 13.8 Å². The molecule has 2 aliphatic rings. The van der Waals surface area contributed by atoms with Gasteiger partial charge in [0.2, 0.25) is 5.28 Å². The van der Waals surface area contributed by atoms with Gasteiger partial charge in [0.05, 0.1) is 6.10 Å². The third kappa shape index (κ3) is 1.61. The number of halogens is 1. The number of methoxy groups -OCH3 is 1. The van der Waals surface area contributed by atoms with Gasteiger partial charge in [0.15, 0.2) is 0 Å². The van der Waals surface area contributed by atoms with Crippen molar-refractivity contribution >= 4 is 11.6 Å². The van der Waals surface area contributed by atoms with Crippen LogP contribution < -0.4 is 0 Å². The summed E-state index contributed by atoms with van der Waals surface area (Å²) in [5.74, 6) is 1.65. The fraction of sp³-hybridized carbons (Fsp3) is 0.833. The first-order valence-corrected chi connectivity index (χ1v) is 6.56. The van der Waals surface area contributed by atoms with Gasteiger partial charge in [0, 0.05) is 24.5 Å². The molecular weight excluding hydrogens is 238 g/mol. The molecule has 0 saturated heterocycles. The van der Waals surface area contributed by atoms with Crippen LogP contribution >= 0.6 is 11.6 Å². The van der Waals surface area contributed by atoms with Crippen molar-refractivity contribution in [2.45, 2.75) is 51.2 Å². The van der Waals surface area contributed by atoms with Crippen molar-refractivity contribution in [3.63, 3.8) is 0 Å². The summed E-state index contributed by atoms with van der Waals surface area (Å²) in [5.41, 5.74) is 0.102. The zero-order valence-electron chi connectivity index (χ0n) is 10.5. The van der Waals surface area contributed by atoms with Crippen LogP contribution in [0, 0.1) is 5.41 Å². The van der Waals surface area contributed by atoms with Gasteiger partial charge in [-0.25, -0.2) is 0 Å². The van der Waals surface area contributed by atoms with E-state index in [9.17, 15) is 0 Å². The Balaban J connectivity index is 1.92. The van der Waals surface area contributed by atoms with Crippen LogP contribution in [0.25, 0.3) is 0 Å². The molecule has 1 heterocycles. The summed E-state index contributed by atoms with van der Waals surface area (Å²) >= 11 is 6.19. The summed E-state index contributed by atoms with van der Waals surface area (Å²) in [5, 5.41) is 8.80. The van der Waals surface area contributed by atoms with Crippen LogP contribution in [-0.4, -0.2) is 28.0 Å².